The minimum atomic E-state index is -0.340. The maximum Gasteiger partial charge on any atom is 0.318 e. The zero-order chi connectivity index (χ0) is 19.2. The van der Waals surface area contributed by atoms with Gasteiger partial charge < -0.3 is 14.7 Å². The summed E-state index contributed by atoms with van der Waals surface area (Å²) in [6.07, 6.45) is 7.40. The van der Waals surface area contributed by atoms with Gasteiger partial charge in [0.2, 0.25) is 5.89 Å². The van der Waals surface area contributed by atoms with Crippen LogP contribution in [0, 0.1) is 0 Å². The zero-order valence-electron chi connectivity index (χ0n) is 16.4. The van der Waals surface area contributed by atoms with Crippen molar-refractivity contribution >= 4 is 6.03 Å². The number of urea groups is 1. The molecule has 0 radical (unpaired) electrons. The summed E-state index contributed by atoms with van der Waals surface area (Å²) >= 11 is 0. The molecule has 1 saturated carbocycles. The van der Waals surface area contributed by atoms with Crippen molar-refractivity contribution in [2.24, 2.45) is 0 Å². The Kier molecular flexibility index (Phi) is 6.42. The SMILES string of the molecule is CC(C)c1noc(C(C)NC(=O)N(Cc2ccccn2)C2CCCCC2)n1. The number of hydrogen-bond donors (Lipinski definition) is 1. The Morgan fingerprint density at radius 1 is 1.26 bits per heavy atom. The van der Waals surface area contributed by atoms with Gasteiger partial charge in [0.25, 0.3) is 0 Å². The maximum atomic E-state index is 13.1. The van der Waals surface area contributed by atoms with E-state index < -0.39 is 0 Å². The predicted molar refractivity (Wildman–Crippen MR) is 102 cm³/mol. The molecule has 0 aromatic carbocycles. The van der Waals surface area contributed by atoms with Gasteiger partial charge in [-0.25, -0.2) is 4.79 Å². The average Bonchev–Trinajstić information content (AvgIpc) is 3.18. The van der Waals surface area contributed by atoms with Gasteiger partial charge in [0.15, 0.2) is 5.82 Å². The third-order valence-electron chi connectivity index (χ3n) is 5.02. The fraction of sp³-hybridized carbons (Fsp3) is 0.600. The number of rotatable bonds is 6. The van der Waals surface area contributed by atoms with E-state index in [2.05, 4.69) is 20.4 Å². The highest BCUT2D eigenvalue weighted by atomic mass is 16.5. The second-order valence-corrected chi connectivity index (χ2v) is 7.56. The Labute approximate surface area is 160 Å². The normalized spacial score (nSPS) is 16.3. The van der Waals surface area contributed by atoms with Crippen molar-refractivity contribution in [1.29, 1.82) is 0 Å². The molecule has 2 aromatic rings. The molecule has 1 fully saturated rings. The minimum Gasteiger partial charge on any atom is -0.337 e. The van der Waals surface area contributed by atoms with Crippen molar-refractivity contribution in [2.75, 3.05) is 0 Å². The van der Waals surface area contributed by atoms with Crippen LogP contribution in [0.15, 0.2) is 28.9 Å². The van der Waals surface area contributed by atoms with E-state index in [0.29, 0.717) is 18.3 Å². The number of pyridine rings is 1. The molecule has 1 aliphatic carbocycles. The van der Waals surface area contributed by atoms with E-state index in [1.165, 1.54) is 6.42 Å². The van der Waals surface area contributed by atoms with E-state index in [-0.39, 0.29) is 24.0 Å². The number of aromatic nitrogens is 3. The number of amides is 2. The number of nitrogens with one attached hydrogen (secondary N) is 1. The summed E-state index contributed by atoms with van der Waals surface area (Å²) in [7, 11) is 0. The highest BCUT2D eigenvalue weighted by molar-refractivity contribution is 5.75. The van der Waals surface area contributed by atoms with Crippen LogP contribution in [0.5, 0.6) is 0 Å². The number of hydrogen-bond acceptors (Lipinski definition) is 5. The Morgan fingerprint density at radius 3 is 2.67 bits per heavy atom. The van der Waals surface area contributed by atoms with Crippen LogP contribution >= 0.6 is 0 Å². The first-order valence-corrected chi connectivity index (χ1v) is 9.85. The van der Waals surface area contributed by atoms with Crippen LogP contribution in [0.4, 0.5) is 4.79 Å². The monoisotopic (exact) mass is 371 g/mol. The highest BCUT2D eigenvalue weighted by Gasteiger charge is 2.28. The van der Waals surface area contributed by atoms with Gasteiger partial charge in [-0.05, 0) is 31.9 Å². The van der Waals surface area contributed by atoms with E-state index >= 15 is 0 Å². The zero-order valence-corrected chi connectivity index (χ0v) is 16.4. The number of carbonyl (C=O) groups is 1. The molecule has 2 heterocycles. The first kappa shape index (κ1) is 19.3. The fourth-order valence-electron chi connectivity index (χ4n) is 3.41. The van der Waals surface area contributed by atoms with E-state index in [4.69, 9.17) is 4.52 Å². The molecule has 1 unspecified atom stereocenters. The minimum absolute atomic E-state index is 0.107. The summed E-state index contributed by atoms with van der Waals surface area (Å²) in [5, 5.41) is 7.01. The second kappa shape index (κ2) is 8.97. The second-order valence-electron chi connectivity index (χ2n) is 7.56. The Balaban J connectivity index is 1.71. The highest BCUT2D eigenvalue weighted by Crippen LogP contribution is 2.24. The molecule has 0 bridgehead atoms. The van der Waals surface area contributed by atoms with E-state index in [0.717, 1.165) is 31.4 Å². The van der Waals surface area contributed by atoms with Gasteiger partial charge in [0, 0.05) is 18.2 Å². The first-order valence-electron chi connectivity index (χ1n) is 9.85. The number of carbonyl (C=O) groups excluding carboxylic acids is 1. The molecular formula is C20H29N5O2. The van der Waals surface area contributed by atoms with Crippen molar-refractivity contribution in [2.45, 2.75) is 77.4 Å². The van der Waals surface area contributed by atoms with Gasteiger partial charge in [-0.2, -0.15) is 4.98 Å². The van der Waals surface area contributed by atoms with E-state index in [1.54, 1.807) is 6.20 Å². The average molecular weight is 371 g/mol. The van der Waals surface area contributed by atoms with Crippen molar-refractivity contribution in [1.82, 2.24) is 25.3 Å². The molecule has 27 heavy (non-hydrogen) atoms. The predicted octanol–water partition coefficient (Wildman–Crippen LogP) is 4.19. The van der Waals surface area contributed by atoms with Gasteiger partial charge in [0.1, 0.15) is 6.04 Å². The molecule has 1 atom stereocenters. The number of nitrogens with zero attached hydrogens (tertiary/aromatic N) is 4. The smallest absolute Gasteiger partial charge is 0.318 e. The van der Waals surface area contributed by atoms with Crippen molar-refractivity contribution in [3.8, 4) is 0 Å². The van der Waals surface area contributed by atoms with Gasteiger partial charge in [-0.1, -0.05) is 44.3 Å². The van der Waals surface area contributed by atoms with Gasteiger partial charge >= 0.3 is 6.03 Å². The summed E-state index contributed by atoms with van der Waals surface area (Å²) in [5.74, 6) is 1.28. The van der Waals surface area contributed by atoms with E-state index in [9.17, 15) is 4.79 Å². The van der Waals surface area contributed by atoms with Crippen LogP contribution in [0.1, 0.15) is 82.2 Å². The lowest BCUT2D eigenvalue weighted by atomic mass is 9.94. The quantitative estimate of drug-likeness (QED) is 0.823. The molecule has 2 aromatic heterocycles. The summed E-state index contributed by atoms with van der Waals surface area (Å²) in [5.41, 5.74) is 0.894. The molecule has 2 amide bonds. The van der Waals surface area contributed by atoms with Gasteiger partial charge in [-0.15, -0.1) is 0 Å². The van der Waals surface area contributed by atoms with Gasteiger partial charge in [-0.3, -0.25) is 4.98 Å². The lowest BCUT2D eigenvalue weighted by Gasteiger charge is -2.34. The topological polar surface area (TPSA) is 84.2 Å². The van der Waals surface area contributed by atoms with Crippen LogP contribution in [-0.4, -0.2) is 32.1 Å². The Morgan fingerprint density at radius 2 is 2.04 bits per heavy atom. The largest absolute Gasteiger partial charge is 0.337 e. The standard InChI is InChI=1S/C20H29N5O2/c1-14(2)18-23-19(27-24-18)15(3)22-20(26)25(17-10-5-4-6-11-17)13-16-9-7-8-12-21-16/h7-9,12,14-15,17H,4-6,10-11,13H2,1-3H3,(H,22,26). The molecule has 1 N–H and O–H groups in total. The molecule has 0 aliphatic heterocycles. The van der Waals surface area contributed by atoms with Crippen molar-refractivity contribution in [3.05, 3.63) is 41.8 Å². The third kappa shape index (κ3) is 5.05. The molecule has 3 rings (SSSR count). The Hall–Kier alpha value is -2.44. The van der Waals surface area contributed by atoms with Crippen LogP contribution in [0.2, 0.25) is 0 Å². The molecular weight excluding hydrogens is 342 g/mol. The first-order chi connectivity index (χ1) is 13.0. The van der Waals surface area contributed by atoms with Crippen molar-refractivity contribution in [3.63, 3.8) is 0 Å². The fourth-order valence-corrected chi connectivity index (χ4v) is 3.41. The summed E-state index contributed by atoms with van der Waals surface area (Å²) in [6.45, 7) is 6.39. The molecule has 0 spiro atoms. The Bertz CT molecular complexity index is 725. The molecule has 1 aliphatic rings. The molecule has 7 nitrogen and oxygen atoms in total. The van der Waals surface area contributed by atoms with Crippen LogP contribution in [0.25, 0.3) is 0 Å². The van der Waals surface area contributed by atoms with Crippen molar-refractivity contribution < 1.29 is 9.32 Å². The molecule has 7 heteroatoms. The lowest BCUT2D eigenvalue weighted by Crippen LogP contribution is -2.47. The lowest BCUT2D eigenvalue weighted by molar-refractivity contribution is 0.145. The summed E-state index contributed by atoms with van der Waals surface area (Å²) < 4.78 is 5.33. The van der Waals surface area contributed by atoms with Crippen LogP contribution < -0.4 is 5.32 Å². The molecule has 0 saturated heterocycles. The third-order valence-corrected chi connectivity index (χ3v) is 5.02. The van der Waals surface area contributed by atoms with Crippen LogP contribution in [-0.2, 0) is 6.54 Å². The molecule has 146 valence electrons. The van der Waals surface area contributed by atoms with Crippen LogP contribution in [0.3, 0.4) is 0 Å². The van der Waals surface area contributed by atoms with Gasteiger partial charge in [0.05, 0.1) is 12.2 Å². The summed E-state index contributed by atoms with van der Waals surface area (Å²) in [6, 6.07) is 5.59. The summed E-state index contributed by atoms with van der Waals surface area (Å²) in [4.78, 5) is 23.8. The maximum absolute atomic E-state index is 13.1. The van der Waals surface area contributed by atoms with E-state index in [1.807, 2.05) is 43.9 Å².